The lowest BCUT2D eigenvalue weighted by atomic mass is 9.61. The summed E-state index contributed by atoms with van der Waals surface area (Å²) in [6, 6.07) is 2.91. The number of nitrogens with one attached hydrogen (secondary N) is 1. The molecule has 6 fully saturated rings. The van der Waals surface area contributed by atoms with Crippen molar-refractivity contribution in [1.29, 1.82) is 5.26 Å². The number of Topliss-reactive ketones (excluding diaryl/α,β-unsaturated/α-hetero) is 1. The summed E-state index contributed by atoms with van der Waals surface area (Å²) in [6.07, 6.45) is 6.95. The SMILES string of the molecule is COC1CCC2OCC(C3CC4C5CC6OCOC6CC5CC[NH+]4C(N)C3C#N)C(=O)C2C1. The molecule has 6 rings (SSSR count). The average molecular weight is 461 g/mol. The molecule has 0 amide bonds. The van der Waals surface area contributed by atoms with Crippen molar-refractivity contribution in [3.63, 3.8) is 0 Å². The number of quaternary nitrogens is 1. The zero-order valence-electron chi connectivity index (χ0n) is 19.6. The Kier molecular flexibility index (Phi) is 6.01. The van der Waals surface area contributed by atoms with E-state index in [2.05, 4.69) is 6.07 Å². The number of rotatable bonds is 2. The molecule has 13 atom stereocenters. The molecule has 182 valence electrons. The number of nitriles is 1. The fourth-order valence-corrected chi connectivity index (χ4v) is 8.44. The van der Waals surface area contributed by atoms with Crippen LogP contribution in [0.4, 0.5) is 0 Å². The molecule has 2 aliphatic carbocycles. The molecule has 6 aliphatic rings. The zero-order chi connectivity index (χ0) is 22.7. The molecular formula is C25H38N3O5+. The van der Waals surface area contributed by atoms with Crippen LogP contribution in [0.5, 0.6) is 0 Å². The van der Waals surface area contributed by atoms with Gasteiger partial charge in [-0.05, 0) is 50.4 Å². The monoisotopic (exact) mass is 460 g/mol. The van der Waals surface area contributed by atoms with Gasteiger partial charge in [-0.25, -0.2) is 0 Å². The maximum absolute atomic E-state index is 13.8. The number of carbonyl (C=O) groups excluding carboxylic acids is 1. The average Bonchev–Trinajstić information content (AvgIpc) is 3.30. The third kappa shape index (κ3) is 3.67. The zero-order valence-corrected chi connectivity index (χ0v) is 19.6. The van der Waals surface area contributed by atoms with Crippen LogP contribution in [0.25, 0.3) is 0 Å². The predicted octanol–water partition coefficient (Wildman–Crippen LogP) is 0.255. The van der Waals surface area contributed by atoms with Crippen LogP contribution in [0.1, 0.15) is 44.9 Å². The van der Waals surface area contributed by atoms with E-state index in [0.29, 0.717) is 31.3 Å². The number of carbonyl (C=O) groups is 1. The van der Waals surface area contributed by atoms with Crippen molar-refractivity contribution in [2.24, 2.45) is 41.2 Å². The fourth-order valence-electron chi connectivity index (χ4n) is 8.44. The van der Waals surface area contributed by atoms with Crippen LogP contribution in [0, 0.1) is 46.8 Å². The summed E-state index contributed by atoms with van der Waals surface area (Å²) >= 11 is 0. The molecule has 0 aromatic rings. The van der Waals surface area contributed by atoms with Gasteiger partial charge in [-0.1, -0.05) is 0 Å². The number of fused-ring (bicyclic) bond motifs is 5. The highest BCUT2D eigenvalue weighted by Crippen LogP contribution is 2.46. The van der Waals surface area contributed by atoms with E-state index in [4.69, 9.17) is 24.7 Å². The Morgan fingerprint density at radius 2 is 1.82 bits per heavy atom. The van der Waals surface area contributed by atoms with Gasteiger partial charge in [0.05, 0.1) is 49.7 Å². The van der Waals surface area contributed by atoms with Crippen molar-refractivity contribution < 1.29 is 28.6 Å². The Morgan fingerprint density at radius 1 is 1.00 bits per heavy atom. The van der Waals surface area contributed by atoms with E-state index in [1.165, 1.54) is 4.90 Å². The number of nitrogens with zero attached hydrogens (tertiary/aromatic N) is 1. The lowest BCUT2D eigenvalue weighted by Gasteiger charge is -2.54. The molecule has 3 N–H and O–H groups in total. The molecule has 0 aromatic heterocycles. The van der Waals surface area contributed by atoms with Crippen molar-refractivity contribution in [2.75, 3.05) is 27.1 Å². The Morgan fingerprint density at radius 3 is 2.61 bits per heavy atom. The first-order valence-electron chi connectivity index (χ1n) is 13.0. The first kappa shape index (κ1) is 22.4. The molecule has 0 aromatic carbocycles. The Bertz CT molecular complexity index is 803. The molecule has 4 saturated heterocycles. The molecule has 0 radical (unpaired) electrons. The summed E-state index contributed by atoms with van der Waals surface area (Å²) < 4.78 is 23.6. The van der Waals surface area contributed by atoms with Crippen LogP contribution in [-0.2, 0) is 23.7 Å². The Balaban J connectivity index is 1.24. The van der Waals surface area contributed by atoms with Gasteiger partial charge < -0.3 is 23.8 Å². The van der Waals surface area contributed by atoms with Gasteiger partial charge in [0.1, 0.15) is 18.5 Å². The molecule has 8 nitrogen and oxygen atoms in total. The van der Waals surface area contributed by atoms with Crippen LogP contribution in [-0.4, -0.2) is 69.5 Å². The molecule has 33 heavy (non-hydrogen) atoms. The van der Waals surface area contributed by atoms with Gasteiger partial charge >= 0.3 is 0 Å². The maximum atomic E-state index is 13.8. The van der Waals surface area contributed by atoms with Crippen molar-refractivity contribution >= 4 is 5.78 Å². The van der Waals surface area contributed by atoms with Crippen LogP contribution < -0.4 is 10.6 Å². The number of ether oxygens (including phenoxy) is 4. The predicted molar refractivity (Wildman–Crippen MR) is 117 cm³/mol. The third-order valence-electron chi connectivity index (χ3n) is 10.2. The van der Waals surface area contributed by atoms with E-state index in [1.54, 1.807) is 7.11 Å². The van der Waals surface area contributed by atoms with E-state index < -0.39 is 0 Å². The first-order valence-corrected chi connectivity index (χ1v) is 13.0. The molecule has 0 bridgehead atoms. The lowest BCUT2D eigenvalue weighted by Crippen LogP contribution is -3.24. The Hall–Kier alpha value is -1.08. The van der Waals surface area contributed by atoms with Gasteiger partial charge in [-0.2, -0.15) is 5.26 Å². The van der Waals surface area contributed by atoms with Crippen LogP contribution >= 0.6 is 0 Å². The topological polar surface area (TPSA) is 108 Å². The number of methoxy groups -OCH3 is 1. The Labute approximate surface area is 196 Å². The number of ketones is 1. The highest BCUT2D eigenvalue weighted by Gasteiger charge is 2.58. The minimum atomic E-state index is -0.314. The van der Waals surface area contributed by atoms with Gasteiger partial charge in [0.15, 0.2) is 6.17 Å². The van der Waals surface area contributed by atoms with Gasteiger partial charge in [-0.3, -0.25) is 10.5 Å². The van der Waals surface area contributed by atoms with Crippen LogP contribution in [0.15, 0.2) is 0 Å². The highest BCUT2D eigenvalue weighted by atomic mass is 16.7. The second-order valence-corrected chi connectivity index (χ2v) is 11.4. The molecular weight excluding hydrogens is 422 g/mol. The summed E-state index contributed by atoms with van der Waals surface area (Å²) in [5.74, 6) is 0.737. The molecule has 4 heterocycles. The van der Waals surface area contributed by atoms with Gasteiger partial charge in [0.2, 0.25) is 0 Å². The minimum Gasteiger partial charge on any atom is -0.381 e. The minimum absolute atomic E-state index is 0.00827. The van der Waals surface area contributed by atoms with Gasteiger partial charge in [0.25, 0.3) is 0 Å². The van der Waals surface area contributed by atoms with Crippen molar-refractivity contribution in [1.82, 2.24) is 0 Å². The van der Waals surface area contributed by atoms with Crippen molar-refractivity contribution in [3.05, 3.63) is 0 Å². The summed E-state index contributed by atoms with van der Waals surface area (Å²) in [4.78, 5) is 15.1. The summed E-state index contributed by atoms with van der Waals surface area (Å²) in [5, 5.41) is 10.2. The van der Waals surface area contributed by atoms with Crippen molar-refractivity contribution in [3.8, 4) is 6.07 Å². The van der Waals surface area contributed by atoms with Crippen LogP contribution in [0.2, 0.25) is 0 Å². The largest absolute Gasteiger partial charge is 0.381 e. The van der Waals surface area contributed by atoms with E-state index >= 15 is 0 Å². The molecule has 0 spiro atoms. The lowest BCUT2D eigenvalue weighted by molar-refractivity contribution is -0.970. The molecule has 2 saturated carbocycles. The van der Waals surface area contributed by atoms with E-state index in [1.807, 2.05) is 0 Å². The third-order valence-corrected chi connectivity index (χ3v) is 10.2. The number of hydrogen-bond acceptors (Lipinski definition) is 7. The van der Waals surface area contributed by atoms with E-state index in [9.17, 15) is 10.1 Å². The van der Waals surface area contributed by atoms with E-state index in [0.717, 1.165) is 51.5 Å². The molecule has 8 heteroatoms. The summed E-state index contributed by atoms with van der Waals surface area (Å²) in [5.41, 5.74) is 6.80. The van der Waals surface area contributed by atoms with Gasteiger partial charge in [-0.15, -0.1) is 0 Å². The first-order chi connectivity index (χ1) is 16.1. The number of nitrogens with two attached hydrogens (primary N) is 1. The smallest absolute Gasteiger partial charge is 0.155 e. The van der Waals surface area contributed by atoms with Gasteiger partial charge in [0, 0.05) is 31.3 Å². The normalized spacial score (nSPS) is 53.8. The quantitative estimate of drug-likeness (QED) is 0.608. The second kappa shape index (κ2) is 8.85. The summed E-state index contributed by atoms with van der Waals surface area (Å²) in [7, 11) is 1.73. The molecule has 4 aliphatic heterocycles. The van der Waals surface area contributed by atoms with Crippen LogP contribution in [0.3, 0.4) is 0 Å². The van der Waals surface area contributed by atoms with Crippen molar-refractivity contribution in [2.45, 2.75) is 81.6 Å². The summed E-state index contributed by atoms with van der Waals surface area (Å²) in [6.45, 7) is 1.85. The van der Waals surface area contributed by atoms with E-state index in [-0.39, 0.29) is 60.0 Å². The molecule has 13 unspecified atom stereocenters. The highest BCUT2D eigenvalue weighted by molar-refractivity contribution is 5.85. The fraction of sp³-hybridized carbons (Fsp3) is 0.920. The second-order valence-electron chi connectivity index (χ2n) is 11.4. The number of hydrogen-bond donors (Lipinski definition) is 2. The standard InChI is InChI=1S/C25H37N3O5/c1-30-14-2-3-21-17(7-14)24(29)19(11-31-21)16-8-20-15-9-23-22(32-12-33-23)6-13(15)4-5-28(20)25(27)18(16)10-26/h13-23,25H,2-9,11-12,27H2,1H3/p+1. The maximum Gasteiger partial charge on any atom is 0.155 e. The number of piperidine rings is 2.